The molecule has 0 bridgehead atoms. The third-order valence-corrected chi connectivity index (χ3v) is 3.10. The molecule has 0 unspecified atom stereocenters. The largest absolute Gasteiger partial charge is 0.269 e. The number of nitrogens with zero attached hydrogens (tertiary/aromatic N) is 4. The molecule has 1 aliphatic rings. The number of allylic oxidation sites excluding steroid dienone is 1. The van der Waals surface area contributed by atoms with Crippen LogP contribution in [0.2, 0.25) is 0 Å². The smallest absolute Gasteiger partial charge is 0.261 e. The topological polar surface area (TPSA) is 68.1 Å². The third kappa shape index (κ3) is 1.91. The first-order valence-electron chi connectivity index (χ1n) is 6.16. The van der Waals surface area contributed by atoms with Crippen LogP contribution in [0.25, 0.3) is 0 Å². The Balaban J connectivity index is 1.84. The van der Waals surface area contributed by atoms with Gasteiger partial charge in [0.25, 0.3) is 11.8 Å². The lowest BCUT2D eigenvalue weighted by Gasteiger charge is -2.10. The molecule has 2 heterocycles. The molecule has 1 aromatic heterocycles. The van der Waals surface area contributed by atoms with Crippen LogP contribution in [0.4, 0.5) is 0 Å². The highest BCUT2D eigenvalue weighted by Crippen LogP contribution is 2.23. The van der Waals surface area contributed by atoms with Crippen LogP contribution >= 0.6 is 0 Å². The lowest BCUT2D eigenvalue weighted by Crippen LogP contribution is -2.29. The number of hydrogen-bond donors (Lipinski definition) is 0. The number of imide groups is 1. The van der Waals surface area contributed by atoms with Crippen LogP contribution in [0.3, 0.4) is 0 Å². The van der Waals surface area contributed by atoms with E-state index in [1.165, 1.54) is 4.90 Å². The van der Waals surface area contributed by atoms with E-state index in [-0.39, 0.29) is 18.4 Å². The van der Waals surface area contributed by atoms with Crippen molar-refractivity contribution < 1.29 is 9.59 Å². The van der Waals surface area contributed by atoms with Crippen LogP contribution < -0.4 is 0 Å². The summed E-state index contributed by atoms with van der Waals surface area (Å²) in [5, 5.41) is 7.84. The predicted octanol–water partition coefficient (Wildman–Crippen LogP) is 1.26. The van der Waals surface area contributed by atoms with Gasteiger partial charge in [-0.3, -0.25) is 14.5 Å². The van der Waals surface area contributed by atoms with Crippen molar-refractivity contribution in [3.8, 4) is 0 Å². The molecule has 0 radical (unpaired) electrons. The summed E-state index contributed by atoms with van der Waals surface area (Å²) in [6.07, 6.45) is 3.39. The minimum Gasteiger partial charge on any atom is -0.269 e. The Morgan fingerprint density at radius 2 is 1.80 bits per heavy atom. The molecule has 2 aromatic rings. The third-order valence-electron chi connectivity index (χ3n) is 3.10. The van der Waals surface area contributed by atoms with E-state index in [0.29, 0.717) is 23.4 Å². The Kier molecular flexibility index (Phi) is 2.90. The fraction of sp³-hybridized carbons (Fsp3) is 0.143. The molecule has 6 nitrogen and oxygen atoms in total. The highest BCUT2D eigenvalue weighted by molar-refractivity contribution is 6.21. The van der Waals surface area contributed by atoms with Crippen molar-refractivity contribution in [2.24, 2.45) is 0 Å². The lowest BCUT2D eigenvalue weighted by atomic mass is 10.1. The molecule has 2 amide bonds. The van der Waals surface area contributed by atoms with E-state index in [9.17, 15) is 9.59 Å². The number of aromatic nitrogens is 3. The molecule has 0 aliphatic carbocycles. The first-order chi connectivity index (χ1) is 9.70. The summed E-state index contributed by atoms with van der Waals surface area (Å²) in [6, 6.07) is 6.80. The number of rotatable bonds is 4. The quantitative estimate of drug-likeness (QED) is 0.618. The second-order valence-corrected chi connectivity index (χ2v) is 4.46. The number of amides is 2. The summed E-state index contributed by atoms with van der Waals surface area (Å²) >= 11 is 0. The summed E-state index contributed by atoms with van der Waals surface area (Å²) < 4.78 is 1.60. The maximum Gasteiger partial charge on any atom is 0.261 e. The Morgan fingerprint density at radius 3 is 2.40 bits per heavy atom. The van der Waals surface area contributed by atoms with Gasteiger partial charge in [-0.25, -0.2) is 4.68 Å². The maximum absolute atomic E-state index is 12.2. The van der Waals surface area contributed by atoms with Gasteiger partial charge in [-0.2, -0.15) is 0 Å². The minimum absolute atomic E-state index is 0.128. The number of carbonyl (C=O) groups is 2. The van der Waals surface area contributed by atoms with Gasteiger partial charge in [-0.15, -0.1) is 11.7 Å². The fourth-order valence-corrected chi connectivity index (χ4v) is 2.18. The Hall–Kier alpha value is -2.76. The summed E-state index contributed by atoms with van der Waals surface area (Å²) in [5.41, 5.74) is 1.45. The Morgan fingerprint density at radius 1 is 1.15 bits per heavy atom. The molecular weight excluding hydrogens is 256 g/mol. The van der Waals surface area contributed by atoms with Crippen LogP contribution in [0.1, 0.15) is 26.4 Å². The van der Waals surface area contributed by atoms with E-state index in [0.717, 1.165) is 0 Å². The van der Waals surface area contributed by atoms with E-state index in [2.05, 4.69) is 16.9 Å². The van der Waals surface area contributed by atoms with Crippen LogP contribution in [0, 0.1) is 0 Å². The van der Waals surface area contributed by atoms with Gasteiger partial charge in [0.05, 0.1) is 30.4 Å². The van der Waals surface area contributed by atoms with Crippen LogP contribution in [-0.4, -0.2) is 31.7 Å². The molecule has 1 aromatic carbocycles. The van der Waals surface area contributed by atoms with Gasteiger partial charge in [0.15, 0.2) is 0 Å². The fourth-order valence-electron chi connectivity index (χ4n) is 2.18. The molecule has 0 saturated heterocycles. The van der Waals surface area contributed by atoms with E-state index < -0.39 is 0 Å². The zero-order chi connectivity index (χ0) is 14.1. The Labute approximate surface area is 115 Å². The molecule has 0 N–H and O–H groups in total. The van der Waals surface area contributed by atoms with E-state index in [1.54, 1.807) is 41.2 Å². The summed E-state index contributed by atoms with van der Waals surface area (Å²) in [7, 11) is 0. The molecule has 1 aliphatic heterocycles. The molecular formula is C14H12N4O2. The Bertz CT molecular complexity index is 670. The molecule has 0 atom stereocenters. The van der Waals surface area contributed by atoms with Crippen molar-refractivity contribution in [3.05, 3.63) is 59.9 Å². The van der Waals surface area contributed by atoms with E-state index in [1.807, 2.05) is 0 Å². The summed E-state index contributed by atoms with van der Waals surface area (Å²) in [6.45, 7) is 4.28. The van der Waals surface area contributed by atoms with Crippen molar-refractivity contribution in [2.75, 3.05) is 0 Å². The van der Waals surface area contributed by atoms with E-state index in [4.69, 9.17) is 0 Å². The van der Waals surface area contributed by atoms with Crippen molar-refractivity contribution in [3.63, 3.8) is 0 Å². The van der Waals surface area contributed by atoms with Gasteiger partial charge < -0.3 is 0 Å². The average Bonchev–Trinajstić information content (AvgIpc) is 2.99. The summed E-state index contributed by atoms with van der Waals surface area (Å²) in [5.74, 6) is -0.576. The zero-order valence-corrected chi connectivity index (χ0v) is 10.7. The van der Waals surface area contributed by atoms with Gasteiger partial charge in [-0.1, -0.05) is 23.4 Å². The molecule has 6 heteroatoms. The maximum atomic E-state index is 12.2. The number of fused-ring (bicyclic) bond motifs is 1. The van der Waals surface area contributed by atoms with Crippen molar-refractivity contribution in [1.82, 2.24) is 19.9 Å². The number of carbonyl (C=O) groups excluding carboxylic acids is 2. The first kappa shape index (κ1) is 12.3. The predicted molar refractivity (Wildman–Crippen MR) is 70.9 cm³/mol. The second-order valence-electron chi connectivity index (χ2n) is 4.46. The van der Waals surface area contributed by atoms with Gasteiger partial charge in [0.2, 0.25) is 0 Å². The molecule has 100 valence electrons. The van der Waals surface area contributed by atoms with Gasteiger partial charge in [0.1, 0.15) is 5.69 Å². The molecule has 20 heavy (non-hydrogen) atoms. The van der Waals surface area contributed by atoms with Crippen LogP contribution in [0.15, 0.2) is 43.1 Å². The average molecular weight is 268 g/mol. The molecule has 0 fully saturated rings. The highest BCUT2D eigenvalue weighted by Gasteiger charge is 2.35. The van der Waals surface area contributed by atoms with Gasteiger partial charge in [0, 0.05) is 0 Å². The SMILES string of the molecule is C=CCn1cc(CN2C(=O)c3ccccc3C2=O)nn1. The van der Waals surface area contributed by atoms with E-state index >= 15 is 0 Å². The van der Waals surface area contributed by atoms with Crippen LogP contribution in [-0.2, 0) is 13.1 Å². The van der Waals surface area contributed by atoms with Crippen molar-refractivity contribution >= 4 is 11.8 Å². The number of hydrogen-bond acceptors (Lipinski definition) is 4. The second kappa shape index (κ2) is 4.73. The van der Waals surface area contributed by atoms with Crippen LogP contribution in [0.5, 0.6) is 0 Å². The van der Waals surface area contributed by atoms with Gasteiger partial charge >= 0.3 is 0 Å². The highest BCUT2D eigenvalue weighted by atomic mass is 16.2. The van der Waals surface area contributed by atoms with Crippen molar-refractivity contribution in [2.45, 2.75) is 13.1 Å². The molecule has 0 saturated carbocycles. The van der Waals surface area contributed by atoms with Crippen molar-refractivity contribution in [1.29, 1.82) is 0 Å². The lowest BCUT2D eigenvalue weighted by molar-refractivity contribution is 0.0640. The first-order valence-corrected chi connectivity index (χ1v) is 6.16. The van der Waals surface area contributed by atoms with Gasteiger partial charge in [-0.05, 0) is 12.1 Å². The normalized spacial score (nSPS) is 13.7. The monoisotopic (exact) mass is 268 g/mol. The molecule has 3 rings (SSSR count). The molecule has 0 spiro atoms. The number of benzene rings is 1. The minimum atomic E-state index is -0.288. The summed E-state index contributed by atoms with van der Waals surface area (Å²) in [4.78, 5) is 25.5. The standard InChI is InChI=1S/C14H12N4O2/c1-2-7-17-8-10(15-16-17)9-18-13(19)11-5-3-4-6-12(11)14(18)20/h2-6,8H,1,7,9H2. The zero-order valence-electron chi connectivity index (χ0n) is 10.7.